The lowest BCUT2D eigenvalue weighted by molar-refractivity contribution is -0.122. The Morgan fingerprint density at radius 3 is 2.62 bits per heavy atom. The topological polar surface area (TPSA) is 91.6 Å². The van der Waals surface area contributed by atoms with Crippen molar-refractivity contribution in [3.63, 3.8) is 0 Å². The van der Waals surface area contributed by atoms with Crippen LogP contribution in [0.25, 0.3) is 0 Å². The maximum Gasteiger partial charge on any atom is 0.258 e. The Labute approximate surface area is 170 Å². The van der Waals surface area contributed by atoms with Gasteiger partial charge in [0.05, 0.1) is 17.1 Å². The smallest absolute Gasteiger partial charge is 0.258 e. The van der Waals surface area contributed by atoms with E-state index < -0.39 is 5.54 Å². The highest BCUT2D eigenvalue weighted by Crippen LogP contribution is 2.48. The molecule has 29 heavy (non-hydrogen) atoms. The molecule has 2 saturated heterocycles. The molecule has 0 bridgehead atoms. The van der Waals surface area contributed by atoms with Gasteiger partial charge in [0.2, 0.25) is 5.91 Å². The molecule has 2 fully saturated rings. The van der Waals surface area contributed by atoms with E-state index >= 15 is 0 Å². The molecule has 3 heterocycles. The minimum Gasteiger partial charge on any atom is -0.383 e. The summed E-state index contributed by atoms with van der Waals surface area (Å²) in [6.45, 7) is 3.61. The van der Waals surface area contributed by atoms with Crippen molar-refractivity contribution < 1.29 is 9.59 Å². The van der Waals surface area contributed by atoms with Crippen LogP contribution in [0.2, 0.25) is 0 Å². The number of nitrogens with two attached hydrogens (primary N) is 1. The van der Waals surface area contributed by atoms with E-state index in [4.69, 9.17) is 5.73 Å². The predicted molar refractivity (Wildman–Crippen MR) is 111 cm³/mol. The van der Waals surface area contributed by atoms with Gasteiger partial charge in [-0.15, -0.1) is 0 Å². The van der Waals surface area contributed by atoms with Crippen LogP contribution in [0.1, 0.15) is 35.3 Å². The Balaban J connectivity index is 1.81. The summed E-state index contributed by atoms with van der Waals surface area (Å²) in [4.78, 5) is 33.9. The number of rotatable bonds is 3. The first-order chi connectivity index (χ1) is 13.9. The van der Waals surface area contributed by atoms with E-state index in [0.717, 1.165) is 18.5 Å². The van der Waals surface area contributed by atoms with E-state index in [9.17, 15) is 9.59 Å². The number of anilines is 1. The molecule has 3 N–H and O–H groups in total. The number of fused-ring (bicyclic) bond motifs is 1. The van der Waals surface area contributed by atoms with E-state index in [2.05, 4.69) is 34.4 Å². The lowest BCUT2D eigenvalue weighted by atomic mass is 9.76. The number of benzene rings is 1. The second-order valence-corrected chi connectivity index (χ2v) is 8.20. The first-order valence-electron chi connectivity index (χ1n) is 9.95. The van der Waals surface area contributed by atoms with Crippen molar-refractivity contribution in [2.75, 3.05) is 32.4 Å². The number of pyridine rings is 1. The van der Waals surface area contributed by atoms with Crippen LogP contribution in [0.15, 0.2) is 48.7 Å². The molecule has 0 saturated carbocycles. The molecule has 2 aliphatic heterocycles. The number of hydrogen-bond donors (Lipinski definition) is 2. The summed E-state index contributed by atoms with van der Waals surface area (Å²) in [6.07, 6.45) is 2.47. The number of likely N-dealkylation sites (tertiary alicyclic amines) is 2. The number of carbonyl (C=O) groups is 2. The number of carbonyl (C=O) groups excluding carboxylic acids is 2. The monoisotopic (exact) mass is 393 g/mol. The van der Waals surface area contributed by atoms with Crippen LogP contribution in [-0.4, -0.2) is 58.8 Å². The van der Waals surface area contributed by atoms with Crippen molar-refractivity contribution >= 4 is 17.6 Å². The lowest BCUT2D eigenvalue weighted by Crippen LogP contribution is -2.63. The highest BCUT2D eigenvalue weighted by molar-refractivity contribution is 5.99. The van der Waals surface area contributed by atoms with Crippen LogP contribution in [-0.2, 0) is 4.79 Å². The van der Waals surface area contributed by atoms with Crippen LogP contribution in [0.4, 0.5) is 5.82 Å². The van der Waals surface area contributed by atoms with Crippen LogP contribution < -0.4 is 11.1 Å². The number of nitrogen functional groups attached to an aromatic ring is 1. The van der Waals surface area contributed by atoms with Crippen molar-refractivity contribution in [2.45, 2.75) is 24.9 Å². The van der Waals surface area contributed by atoms with Crippen molar-refractivity contribution in [2.24, 2.45) is 5.92 Å². The van der Waals surface area contributed by atoms with Crippen LogP contribution in [0.5, 0.6) is 0 Å². The number of nitrogens with one attached hydrogen (secondary N) is 1. The van der Waals surface area contributed by atoms with Crippen LogP contribution in [0, 0.1) is 5.92 Å². The summed E-state index contributed by atoms with van der Waals surface area (Å²) in [6, 6.07) is 13.4. The average molecular weight is 393 g/mol. The van der Waals surface area contributed by atoms with Crippen molar-refractivity contribution in [1.29, 1.82) is 0 Å². The molecule has 7 heteroatoms. The van der Waals surface area contributed by atoms with E-state index in [0.29, 0.717) is 18.7 Å². The van der Waals surface area contributed by atoms with E-state index in [1.165, 1.54) is 0 Å². The van der Waals surface area contributed by atoms with Gasteiger partial charge >= 0.3 is 0 Å². The van der Waals surface area contributed by atoms with Crippen LogP contribution in [0.3, 0.4) is 0 Å². The Hall–Kier alpha value is -2.93. The van der Waals surface area contributed by atoms with Gasteiger partial charge in [-0.3, -0.25) is 9.59 Å². The van der Waals surface area contributed by atoms with Crippen molar-refractivity contribution in [3.05, 3.63) is 59.8 Å². The third-order valence-corrected chi connectivity index (χ3v) is 6.15. The number of nitrogens with zero attached hydrogens (tertiary/aromatic N) is 3. The maximum absolute atomic E-state index is 13.6. The zero-order valence-corrected chi connectivity index (χ0v) is 16.8. The number of amides is 2. The molecule has 1 aromatic heterocycles. The van der Waals surface area contributed by atoms with Crippen LogP contribution >= 0.6 is 0 Å². The first-order valence-corrected chi connectivity index (χ1v) is 9.95. The molecule has 2 aromatic rings. The molecule has 0 radical (unpaired) electrons. The van der Waals surface area contributed by atoms with Gasteiger partial charge in [0.15, 0.2) is 0 Å². The van der Waals surface area contributed by atoms with E-state index in [1.807, 2.05) is 23.1 Å². The molecule has 1 aromatic carbocycles. The Morgan fingerprint density at radius 1 is 1.17 bits per heavy atom. The zero-order valence-electron chi connectivity index (χ0n) is 16.8. The molecule has 2 amide bonds. The SMILES string of the molecule is CC(=O)N[C@@]12CN(C)CC[C@@H]1[C@@H](c1ccccc1)N(C(=O)c1cccnc1N)C2. The molecule has 0 aliphatic carbocycles. The largest absolute Gasteiger partial charge is 0.383 e. The molecular formula is C22H27N5O2. The number of piperidine rings is 1. The van der Waals surface area contributed by atoms with Gasteiger partial charge in [-0.25, -0.2) is 4.98 Å². The summed E-state index contributed by atoms with van der Waals surface area (Å²) in [5, 5.41) is 3.22. The number of hydrogen-bond acceptors (Lipinski definition) is 5. The molecule has 152 valence electrons. The normalized spacial score (nSPS) is 26.8. The quantitative estimate of drug-likeness (QED) is 0.828. The van der Waals surface area contributed by atoms with Gasteiger partial charge in [0, 0.05) is 32.1 Å². The highest BCUT2D eigenvalue weighted by atomic mass is 16.2. The van der Waals surface area contributed by atoms with Gasteiger partial charge in [-0.2, -0.15) is 0 Å². The second kappa shape index (κ2) is 7.48. The predicted octanol–water partition coefficient (Wildman–Crippen LogP) is 1.69. The van der Waals surface area contributed by atoms with Gasteiger partial charge < -0.3 is 20.9 Å². The molecular weight excluding hydrogens is 366 g/mol. The molecule has 7 nitrogen and oxygen atoms in total. The number of aromatic nitrogens is 1. The van der Waals surface area contributed by atoms with Gasteiger partial charge in [-0.1, -0.05) is 30.3 Å². The molecule has 2 aliphatic rings. The van der Waals surface area contributed by atoms with Crippen molar-refractivity contribution in [3.8, 4) is 0 Å². The standard InChI is InChI=1S/C22H27N5O2/c1-15(28)25-22-13-26(2)12-10-18(22)19(16-7-4-3-5-8-16)27(14-22)21(29)17-9-6-11-24-20(17)23/h3-9,11,18-19H,10,12-14H2,1-2H3,(H2,23,24)(H,25,28)/t18-,19-,22-/m1/s1. The molecule has 0 spiro atoms. The minimum absolute atomic E-state index is 0.0766. The maximum atomic E-state index is 13.6. The summed E-state index contributed by atoms with van der Waals surface area (Å²) in [5.41, 5.74) is 7.00. The minimum atomic E-state index is -0.494. The Kier molecular flexibility index (Phi) is 5.00. The fourth-order valence-corrected chi connectivity index (χ4v) is 5.10. The molecule has 3 atom stereocenters. The summed E-state index contributed by atoms with van der Waals surface area (Å²) in [7, 11) is 2.06. The first kappa shape index (κ1) is 19.4. The van der Waals surface area contributed by atoms with E-state index in [1.54, 1.807) is 25.3 Å². The summed E-state index contributed by atoms with van der Waals surface area (Å²) >= 11 is 0. The fourth-order valence-electron chi connectivity index (χ4n) is 5.10. The summed E-state index contributed by atoms with van der Waals surface area (Å²) in [5.74, 6) is 0.121. The third-order valence-electron chi connectivity index (χ3n) is 6.15. The highest BCUT2D eigenvalue weighted by Gasteiger charge is 2.56. The van der Waals surface area contributed by atoms with Gasteiger partial charge in [0.1, 0.15) is 5.82 Å². The Bertz CT molecular complexity index is 918. The Morgan fingerprint density at radius 2 is 1.93 bits per heavy atom. The molecule has 4 rings (SSSR count). The van der Waals surface area contributed by atoms with Gasteiger partial charge in [0.25, 0.3) is 5.91 Å². The average Bonchev–Trinajstić information content (AvgIpc) is 3.01. The van der Waals surface area contributed by atoms with Gasteiger partial charge in [-0.05, 0) is 37.7 Å². The summed E-state index contributed by atoms with van der Waals surface area (Å²) < 4.78 is 0. The third kappa shape index (κ3) is 3.46. The second-order valence-electron chi connectivity index (χ2n) is 8.20. The fraction of sp³-hybridized carbons (Fsp3) is 0.409. The zero-order chi connectivity index (χ0) is 20.6. The van der Waals surface area contributed by atoms with Crippen molar-refractivity contribution in [1.82, 2.24) is 20.1 Å². The lowest BCUT2D eigenvalue weighted by Gasteiger charge is -2.44. The van der Waals surface area contributed by atoms with E-state index in [-0.39, 0.29) is 29.6 Å². The molecule has 0 unspecified atom stereocenters. The number of likely N-dealkylation sites (N-methyl/N-ethyl adjacent to an activating group) is 1.